The summed E-state index contributed by atoms with van der Waals surface area (Å²) in [4.78, 5) is 0. The molecular weight excluding hydrogens is 322 g/mol. The Morgan fingerprint density at radius 2 is 2.05 bits per heavy atom. The number of rotatable bonds is 2. The van der Waals surface area contributed by atoms with Gasteiger partial charge in [0.25, 0.3) is 0 Å². The summed E-state index contributed by atoms with van der Waals surface area (Å²) in [6.45, 7) is 7.36. The Morgan fingerprint density at radius 1 is 1.32 bits per heavy atom. The van der Waals surface area contributed by atoms with Crippen LogP contribution >= 0.6 is 27.5 Å². The highest BCUT2D eigenvalue weighted by atomic mass is 79.9. The molecule has 3 atom stereocenters. The minimum absolute atomic E-state index is 0.400. The van der Waals surface area contributed by atoms with Crippen LogP contribution in [0.2, 0.25) is 5.02 Å². The van der Waals surface area contributed by atoms with Gasteiger partial charge in [-0.05, 0) is 70.1 Å². The predicted octanol–water partition coefficient (Wildman–Crippen LogP) is 5.73. The van der Waals surface area contributed by atoms with Crippen LogP contribution in [0.15, 0.2) is 22.7 Å². The zero-order chi connectivity index (χ0) is 13.8. The third-order valence-corrected chi connectivity index (χ3v) is 6.95. The van der Waals surface area contributed by atoms with E-state index in [1.807, 2.05) is 12.1 Å². The maximum atomic E-state index is 6.01. The number of fused-ring (bicyclic) bond motifs is 2. The highest BCUT2D eigenvalue weighted by molar-refractivity contribution is 9.10. The van der Waals surface area contributed by atoms with Crippen molar-refractivity contribution in [2.24, 2.45) is 16.7 Å². The number of nitrogens with one attached hydrogen (secondary N) is 1. The molecule has 0 spiro atoms. The number of hydrogen-bond donors (Lipinski definition) is 1. The van der Waals surface area contributed by atoms with Crippen LogP contribution in [0.1, 0.15) is 40.0 Å². The number of hydrogen-bond acceptors (Lipinski definition) is 1. The van der Waals surface area contributed by atoms with Crippen molar-refractivity contribution in [1.82, 2.24) is 0 Å². The summed E-state index contributed by atoms with van der Waals surface area (Å²) in [6.07, 6.45) is 4.02. The zero-order valence-corrected chi connectivity index (χ0v) is 14.1. The van der Waals surface area contributed by atoms with Gasteiger partial charge in [0, 0.05) is 21.2 Å². The van der Waals surface area contributed by atoms with Crippen LogP contribution in [-0.4, -0.2) is 6.04 Å². The number of halogens is 2. The van der Waals surface area contributed by atoms with E-state index in [1.54, 1.807) is 0 Å². The first kappa shape index (κ1) is 13.8. The molecule has 2 aliphatic carbocycles. The van der Waals surface area contributed by atoms with Crippen molar-refractivity contribution < 1.29 is 0 Å². The Hall–Kier alpha value is -0.210. The largest absolute Gasteiger partial charge is 0.381 e. The molecule has 0 radical (unpaired) electrons. The highest BCUT2D eigenvalue weighted by Crippen LogP contribution is 2.65. The molecule has 3 unspecified atom stereocenters. The summed E-state index contributed by atoms with van der Waals surface area (Å²) in [6, 6.07) is 6.56. The van der Waals surface area contributed by atoms with Crippen LogP contribution < -0.4 is 5.32 Å². The van der Waals surface area contributed by atoms with Gasteiger partial charge in [-0.2, -0.15) is 0 Å². The third kappa shape index (κ3) is 1.94. The second-order valence-corrected chi connectivity index (χ2v) is 8.22. The molecule has 0 aliphatic heterocycles. The van der Waals surface area contributed by atoms with Gasteiger partial charge in [-0.25, -0.2) is 0 Å². The smallest absolute Gasteiger partial charge is 0.0488 e. The molecule has 1 N–H and O–H groups in total. The Kier molecular flexibility index (Phi) is 3.18. The van der Waals surface area contributed by atoms with Crippen LogP contribution in [0, 0.1) is 16.7 Å². The van der Waals surface area contributed by atoms with Crippen molar-refractivity contribution in [2.45, 2.75) is 46.1 Å². The molecule has 2 bridgehead atoms. The van der Waals surface area contributed by atoms with E-state index < -0.39 is 0 Å². The van der Waals surface area contributed by atoms with Crippen LogP contribution in [0.25, 0.3) is 0 Å². The van der Waals surface area contributed by atoms with Gasteiger partial charge in [0.15, 0.2) is 0 Å². The maximum absolute atomic E-state index is 6.01. The minimum atomic E-state index is 0.400. The highest BCUT2D eigenvalue weighted by Gasteiger charge is 2.61. The second-order valence-electron chi connectivity index (χ2n) is 6.93. The molecule has 19 heavy (non-hydrogen) atoms. The monoisotopic (exact) mass is 341 g/mol. The lowest BCUT2D eigenvalue weighted by Gasteiger charge is -2.40. The predicted molar refractivity (Wildman–Crippen MR) is 85.8 cm³/mol. The molecule has 0 aromatic heterocycles. The van der Waals surface area contributed by atoms with Gasteiger partial charge in [-0.15, -0.1) is 0 Å². The van der Waals surface area contributed by atoms with E-state index >= 15 is 0 Å². The normalized spacial score (nSPS) is 35.6. The molecular formula is C16H21BrClN. The molecule has 1 aromatic carbocycles. The average molecular weight is 343 g/mol. The van der Waals surface area contributed by atoms with Crippen LogP contribution in [0.3, 0.4) is 0 Å². The standard InChI is InChI=1S/C16H21BrClN/c1-15(2)10-6-7-16(15,3)14(8-10)19-13-5-4-11(18)9-12(13)17/h4-5,9-10,14,19H,6-8H2,1-3H3. The van der Waals surface area contributed by atoms with Crippen molar-refractivity contribution in [2.75, 3.05) is 5.32 Å². The fourth-order valence-corrected chi connectivity index (χ4v) is 5.01. The topological polar surface area (TPSA) is 12.0 Å². The van der Waals surface area contributed by atoms with Crippen molar-refractivity contribution in [1.29, 1.82) is 0 Å². The van der Waals surface area contributed by atoms with E-state index in [9.17, 15) is 0 Å². The average Bonchev–Trinajstić information content (AvgIpc) is 2.65. The van der Waals surface area contributed by atoms with E-state index in [-0.39, 0.29) is 0 Å². The second kappa shape index (κ2) is 4.39. The van der Waals surface area contributed by atoms with Crippen molar-refractivity contribution >= 4 is 33.2 Å². The molecule has 0 heterocycles. The van der Waals surface area contributed by atoms with Gasteiger partial charge < -0.3 is 5.32 Å². The quantitative estimate of drug-likeness (QED) is 0.723. The van der Waals surface area contributed by atoms with Crippen LogP contribution in [0.5, 0.6) is 0 Å². The molecule has 1 aromatic rings. The fourth-order valence-electron chi connectivity index (χ4n) is 4.22. The molecule has 0 saturated heterocycles. The number of benzene rings is 1. The van der Waals surface area contributed by atoms with E-state index in [4.69, 9.17) is 11.6 Å². The summed E-state index contributed by atoms with van der Waals surface area (Å²) < 4.78 is 1.06. The van der Waals surface area contributed by atoms with E-state index in [1.165, 1.54) is 24.9 Å². The van der Waals surface area contributed by atoms with Gasteiger partial charge in [0.2, 0.25) is 0 Å². The lowest BCUT2D eigenvalue weighted by molar-refractivity contribution is 0.142. The number of anilines is 1. The van der Waals surface area contributed by atoms with Gasteiger partial charge in [-0.1, -0.05) is 32.4 Å². The summed E-state index contributed by atoms with van der Waals surface area (Å²) >= 11 is 9.62. The summed E-state index contributed by atoms with van der Waals surface area (Å²) in [5, 5.41) is 4.53. The molecule has 0 amide bonds. The Bertz CT molecular complexity index is 513. The van der Waals surface area contributed by atoms with Crippen molar-refractivity contribution in [3.05, 3.63) is 27.7 Å². The van der Waals surface area contributed by atoms with Crippen LogP contribution in [-0.2, 0) is 0 Å². The Balaban J connectivity index is 1.86. The maximum Gasteiger partial charge on any atom is 0.0488 e. The molecule has 2 saturated carbocycles. The lowest BCUT2D eigenvalue weighted by Crippen LogP contribution is -2.40. The fraction of sp³-hybridized carbons (Fsp3) is 0.625. The third-order valence-electron chi connectivity index (χ3n) is 6.05. The molecule has 1 nitrogen and oxygen atoms in total. The van der Waals surface area contributed by atoms with E-state index in [0.29, 0.717) is 16.9 Å². The first-order chi connectivity index (χ1) is 8.84. The lowest BCUT2D eigenvalue weighted by atomic mass is 9.69. The van der Waals surface area contributed by atoms with Gasteiger partial charge >= 0.3 is 0 Å². The van der Waals surface area contributed by atoms with E-state index in [0.717, 1.165) is 15.4 Å². The van der Waals surface area contributed by atoms with Crippen LogP contribution in [0.4, 0.5) is 5.69 Å². The van der Waals surface area contributed by atoms with E-state index in [2.05, 4.69) is 48.1 Å². The molecule has 3 rings (SSSR count). The minimum Gasteiger partial charge on any atom is -0.381 e. The molecule has 104 valence electrons. The van der Waals surface area contributed by atoms with Crippen molar-refractivity contribution in [3.63, 3.8) is 0 Å². The SMILES string of the molecule is CC1(C)C2CCC1(C)C(Nc1ccc(Cl)cc1Br)C2. The summed E-state index contributed by atoms with van der Waals surface area (Å²) in [5.74, 6) is 0.862. The van der Waals surface area contributed by atoms with Gasteiger partial charge in [0.05, 0.1) is 0 Å². The molecule has 2 fully saturated rings. The van der Waals surface area contributed by atoms with Crippen molar-refractivity contribution in [3.8, 4) is 0 Å². The Morgan fingerprint density at radius 3 is 2.58 bits per heavy atom. The summed E-state index contributed by atoms with van der Waals surface area (Å²) in [7, 11) is 0. The first-order valence-electron chi connectivity index (χ1n) is 7.06. The van der Waals surface area contributed by atoms with Gasteiger partial charge in [-0.3, -0.25) is 0 Å². The first-order valence-corrected chi connectivity index (χ1v) is 8.23. The van der Waals surface area contributed by atoms with Gasteiger partial charge in [0.1, 0.15) is 0 Å². The Labute approximate surface area is 129 Å². The summed E-state index contributed by atoms with van der Waals surface area (Å²) in [5.41, 5.74) is 2.01. The zero-order valence-electron chi connectivity index (χ0n) is 11.8. The molecule has 2 aliphatic rings. The molecule has 3 heteroatoms.